The van der Waals surface area contributed by atoms with Crippen LogP contribution in [0.25, 0.3) is 0 Å². The number of amidine groups is 1. The fourth-order valence-corrected chi connectivity index (χ4v) is 0.309. The van der Waals surface area contributed by atoms with E-state index in [4.69, 9.17) is 11.1 Å². The molecule has 0 saturated carbocycles. The van der Waals surface area contributed by atoms with E-state index in [2.05, 4.69) is 15.5 Å². The third-order valence-corrected chi connectivity index (χ3v) is 0.667. The Kier molecular flexibility index (Phi) is 3.43. The van der Waals surface area contributed by atoms with Gasteiger partial charge in [-0.2, -0.15) is 4.99 Å². The van der Waals surface area contributed by atoms with Crippen molar-refractivity contribution in [2.75, 3.05) is 7.11 Å². The zero-order valence-corrected chi connectivity index (χ0v) is 5.92. The highest BCUT2D eigenvalue weighted by Crippen LogP contribution is 1.74. The van der Waals surface area contributed by atoms with Gasteiger partial charge in [0.05, 0.1) is 7.11 Å². The predicted octanol–water partition coefficient (Wildman–Crippen LogP) is -1.45. The van der Waals surface area contributed by atoms with Gasteiger partial charge in [-0.05, 0) is 0 Å². The maximum absolute atomic E-state index is 10.1. The van der Waals surface area contributed by atoms with Crippen molar-refractivity contribution in [3.05, 3.63) is 0 Å². The molecule has 0 aliphatic rings. The molecule has 0 spiro atoms. The number of guanidine groups is 1. The predicted molar refractivity (Wildman–Crippen MR) is 39.1 cm³/mol. The molecular formula is C4H9N5O2. The normalized spacial score (nSPS) is 10.5. The minimum atomic E-state index is -0.838. The zero-order chi connectivity index (χ0) is 8.85. The van der Waals surface area contributed by atoms with Gasteiger partial charge in [-0.1, -0.05) is 0 Å². The molecule has 0 unspecified atom stereocenters. The van der Waals surface area contributed by atoms with Crippen LogP contribution < -0.4 is 16.8 Å². The van der Waals surface area contributed by atoms with Crippen LogP contribution in [0.5, 0.6) is 0 Å². The first-order chi connectivity index (χ1) is 5.06. The van der Waals surface area contributed by atoms with Crippen LogP contribution in [0.3, 0.4) is 0 Å². The number of amides is 2. The maximum Gasteiger partial charge on any atom is 0.318 e. The van der Waals surface area contributed by atoms with Crippen LogP contribution in [-0.2, 0) is 4.74 Å². The summed E-state index contributed by atoms with van der Waals surface area (Å²) in [5.41, 5.74) is 9.76. The van der Waals surface area contributed by atoms with Crippen LogP contribution in [0.15, 0.2) is 4.99 Å². The Bertz CT molecular complexity index is 199. The number of nitrogens with zero attached hydrogens (tertiary/aromatic N) is 1. The number of carbonyl (C=O) groups excluding carboxylic acids is 1. The van der Waals surface area contributed by atoms with Crippen LogP contribution >= 0.6 is 0 Å². The lowest BCUT2D eigenvalue weighted by Gasteiger charge is -1.99. The second-order valence-electron chi connectivity index (χ2n) is 1.50. The molecule has 6 N–H and O–H groups in total. The van der Waals surface area contributed by atoms with Crippen molar-refractivity contribution in [2.45, 2.75) is 0 Å². The summed E-state index contributed by atoms with van der Waals surface area (Å²) in [6, 6.07) is -1.24. The Hall–Kier alpha value is -1.79. The molecule has 11 heavy (non-hydrogen) atoms. The number of nitrogens with two attached hydrogens (primary N) is 2. The average Bonchev–Trinajstić information content (AvgIpc) is 1.85. The van der Waals surface area contributed by atoms with E-state index < -0.39 is 12.1 Å². The third kappa shape index (κ3) is 4.70. The standard InChI is InChI=1S/C4H9N5O2/c1-11-4(7)9-2(5)8-3(6)10/h1H3,(H6,5,6,7,8,9,10). The van der Waals surface area contributed by atoms with Gasteiger partial charge in [0.25, 0.3) is 0 Å². The highest BCUT2D eigenvalue weighted by atomic mass is 16.5. The zero-order valence-electron chi connectivity index (χ0n) is 5.92. The van der Waals surface area contributed by atoms with Crippen molar-refractivity contribution >= 4 is 18.0 Å². The van der Waals surface area contributed by atoms with E-state index in [-0.39, 0.29) is 5.96 Å². The second kappa shape index (κ2) is 4.09. The van der Waals surface area contributed by atoms with Gasteiger partial charge in [0.1, 0.15) is 0 Å². The number of hydrogen-bond acceptors (Lipinski definition) is 3. The Labute approximate surface area is 62.9 Å². The summed E-state index contributed by atoms with van der Waals surface area (Å²) in [5.74, 6) is -0.274. The van der Waals surface area contributed by atoms with Crippen molar-refractivity contribution < 1.29 is 9.53 Å². The average molecular weight is 159 g/mol. The van der Waals surface area contributed by atoms with Gasteiger partial charge in [0.15, 0.2) is 0 Å². The summed E-state index contributed by atoms with van der Waals surface area (Å²) in [6.07, 6.45) is 0. The smallest absolute Gasteiger partial charge is 0.318 e. The molecule has 0 heterocycles. The van der Waals surface area contributed by atoms with Crippen LogP contribution in [0, 0.1) is 5.41 Å². The minimum Gasteiger partial charge on any atom is -0.467 e. The molecule has 0 aromatic heterocycles. The summed E-state index contributed by atoms with van der Waals surface area (Å²) in [4.78, 5) is 13.4. The van der Waals surface area contributed by atoms with Crippen molar-refractivity contribution in [3.63, 3.8) is 0 Å². The molecule has 0 rings (SSSR count). The summed E-state index contributed by atoms with van der Waals surface area (Å²) >= 11 is 0. The van der Waals surface area contributed by atoms with Crippen LogP contribution in [0.1, 0.15) is 0 Å². The number of aliphatic imine (C=N–C) groups is 1. The first-order valence-electron chi connectivity index (χ1n) is 2.59. The van der Waals surface area contributed by atoms with Gasteiger partial charge in [-0.15, -0.1) is 0 Å². The van der Waals surface area contributed by atoms with Gasteiger partial charge in [0, 0.05) is 0 Å². The highest BCUT2D eigenvalue weighted by molar-refractivity contribution is 5.99. The molecule has 7 heteroatoms. The van der Waals surface area contributed by atoms with E-state index >= 15 is 0 Å². The number of hydrogen-bond donors (Lipinski definition) is 4. The minimum absolute atomic E-state index is 0.274. The molecule has 62 valence electrons. The fraction of sp³-hybridized carbons (Fsp3) is 0.250. The first-order valence-corrected chi connectivity index (χ1v) is 2.59. The number of urea groups is 1. The Balaban J connectivity index is 4.00. The largest absolute Gasteiger partial charge is 0.467 e. The van der Waals surface area contributed by atoms with Crippen LogP contribution in [0.4, 0.5) is 4.79 Å². The fourth-order valence-electron chi connectivity index (χ4n) is 0.309. The third-order valence-electron chi connectivity index (χ3n) is 0.667. The molecule has 0 aliphatic carbocycles. The van der Waals surface area contributed by atoms with E-state index in [9.17, 15) is 4.79 Å². The van der Waals surface area contributed by atoms with Crippen LogP contribution in [-0.4, -0.2) is 25.1 Å². The van der Waals surface area contributed by atoms with Crippen LogP contribution in [0.2, 0.25) is 0 Å². The lowest BCUT2D eigenvalue weighted by Crippen LogP contribution is -2.40. The summed E-state index contributed by atoms with van der Waals surface area (Å²) in [6.45, 7) is 0. The summed E-state index contributed by atoms with van der Waals surface area (Å²) in [7, 11) is 1.25. The Morgan fingerprint density at radius 2 is 2.18 bits per heavy atom. The lowest BCUT2D eigenvalue weighted by atomic mass is 10.9. The molecule has 0 saturated heterocycles. The quantitative estimate of drug-likeness (QED) is 0.255. The first kappa shape index (κ1) is 9.21. The molecule has 0 fully saturated rings. The maximum atomic E-state index is 10.1. The van der Waals surface area contributed by atoms with Gasteiger partial charge in [-0.3, -0.25) is 5.32 Å². The molecule has 0 bridgehead atoms. The molecule has 0 aromatic rings. The van der Waals surface area contributed by atoms with Crippen molar-refractivity contribution in [1.29, 1.82) is 5.41 Å². The van der Waals surface area contributed by atoms with E-state index in [1.807, 2.05) is 5.32 Å². The molecule has 0 aliphatic heterocycles. The number of carbonyl (C=O) groups is 1. The second-order valence-corrected chi connectivity index (χ2v) is 1.50. The van der Waals surface area contributed by atoms with Crippen molar-refractivity contribution in [1.82, 2.24) is 5.32 Å². The molecular weight excluding hydrogens is 150 g/mol. The summed E-state index contributed by atoms with van der Waals surface area (Å²) in [5, 5.41) is 8.78. The van der Waals surface area contributed by atoms with E-state index in [0.717, 1.165) is 0 Å². The lowest BCUT2D eigenvalue weighted by molar-refractivity contribution is 0.253. The molecule has 0 atom stereocenters. The van der Waals surface area contributed by atoms with E-state index in [0.29, 0.717) is 0 Å². The topological polar surface area (TPSA) is 127 Å². The Morgan fingerprint density at radius 1 is 1.64 bits per heavy atom. The van der Waals surface area contributed by atoms with E-state index in [1.54, 1.807) is 0 Å². The SMILES string of the molecule is COC(=N)/N=C(\N)NC(N)=O. The molecule has 0 aromatic carbocycles. The van der Waals surface area contributed by atoms with Gasteiger partial charge < -0.3 is 16.2 Å². The van der Waals surface area contributed by atoms with Gasteiger partial charge in [0.2, 0.25) is 5.96 Å². The number of primary amides is 1. The van der Waals surface area contributed by atoms with Gasteiger partial charge >= 0.3 is 12.1 Å². The van der Waals surface area contributed by atoms with Crippen molar-refractivity contribution in [2.24, 2.45) is 16.5 Å². The van der Waals surface area contributed by atoms with Gasteiger partial charge in [-0.25, -0.2) is 10.2 Å². The monoisotopic (exact) mass is 159 g/mol. The number of methoxy groups -OCH3 is 1. The molecule has 0 radical (unpaired) electrons. The number of ether oxygens (including phenoxy) is 1. The Morgan fingerprint density at radius 3 is 2.55 bits per heavy atom. The summed E-state index contributed by atoms with van der Waals surface area (Å²) < 4.78 is 4.33. The number of nitrogens with one attached hydrogen (secondary N) is 2. The van der Waals surface area contributed by atoms with E-state index in [1.165, 1.54) is 7.11 Å². The molecule has 2 amide bonds. The highest BCUT2D eigenvalue weighted by Gasteiger charge is 1.96. The molecule has 7 nitrogen and oxygen atoms in total. The van der Waals surface area contributed by atoms with Crippen molar-refractivity contribution in [3.8, 4) is 0 Å². The number of rotatable bonds is 0.